The molecule has 0 aliphatic rings. The molecular weight excluding hydrogens is 350 g/mol. The quantitative estimate of drug-likeness (QED) is 0.321. The third kappa shape index (κ3) is 9.11. The summed E-state index contributed by atoms with van der Waals surface area (Å²) in [7, 11) is 0. The Morgan fingerprint density at radius 3 is 1.52 bits per heavy atom. The van der Waals surface area contributed by atoms with Gasteiger partial charge in [0, 0.05) is 19.6 Å². The van der Waals surface area contributed by atoms with Gasteiger partial charge in [-0.2, -0.15) is 0 Å². The van der Waals surface area contributed by atoms with Crippen molar-refractivity contribution in [3.05, 3.63) is 102 Å². The number of hydrogen-bond donors (Lipinski definition) is 0. The summed E-state index contributed by atoms with van der Waals surface area (Å²) < 4.78 is 0. The molecule has 154 valence electrons. The van der Waals surface area contributed by atoms with Crippen LogP contribution in [0.25, 0.3) is 5.57 Å². The molecule has 2 aromatic carbocycles. The van der Waals surface area contributed by atoms with E-state index in [-0.39, 0.29) is 0 Å². The first kappa shape index (κ1) is 22.9. The predicted molar refractivity (Wildman–Crippen MR) is 129 cm³/mol. The maximum absolute atomic E-state index is 2.60. The van der Waals surface area contributed by atoms with E-state index in [9.17, 15) is 0 Å². The highest BCUT2D eigenvalue weighted by molar-refractivity contribution is 5.79. The molecule has 2 rings (SSSR count). The highest BCUT2D eigenvalue weighted by atomic mass is 15.1. The summed E-state index contributed by atoms with van der Waals surface area (Å²) in [6, 6.07) is 21.5. The van der Waals surface area contributed by atoms with Crippen LogP contribution in [0.5, 0.6) is 0 Å². The van der Waals surface area contributed by atoms with Crippen LogP contribution < -0.4 is 0 Å². The molecule has 2 aromatic rings. The number of hydrogen-bond acceptors (Lipinski definition) is 1. The van der Waals surface area contributed by atoms with Gasteiger partial charge in [0.25, 0.3) is 0 Å². The summed E-state index contributed by atoms with van der Waals surface area (Å²) in [5.74, 6) is 0. The van der Waals surface area contributed by atoms with Crippen molar-refractivity contribution in [1.82, 2.24) is 4.90 Å². The summed E-state index contributed by atoms with van der Waals surface area (Å²) in [5.41, 5.74) is 3.92. The maximum Gasteiger partial charge on any atom is 0.00165 e. The van der Waals surface area contributed by atoms with Gasteiger partial charge in [-0.05, 0) is 48.8 Å². The highest BCUT2D eigenvalue weighted by Gasteiger charge is 2.06. The summed E-state index contributed by atoms with van der Waals surface area (Å²) in [6.45, 7) is 7.77. The Bertz CT molecular complexity index is 681. The first-order valence-corrected chi connectivity index (χ1v) is 11.2. The lowest BCUT2D eigenvalue weighted by Gasteiger charge is -2.20. The van der Waals surface area contributed by atoms with E-state index >= 15 is 0 Å². The molecule has 0 atom stereocenters. The van der Waals surface area contributed by atoms with E-state index in [1.54, 1.807) is 0 Å². The number of rotatable bonds is 13. The van der Waals surface area contributed by atoms with Crippen LogP contribution >= 0.6 is 0 Å². The molecule has 29 heavy (non-hydrogen) atoms. The second kappa shape index (κ2) is 14.6. The zero-order valence-electron chi connectivity index (χ0n) is 18.3. The Kier molecular flexibility index (Phi) is 11.5. The molecule has 0 unspecified atom stereocenters. The molecule has 0 heterocycles. The van der Waals surface area contributed by atoms with E-state index in [1.165, 1.54) is 16.7 Å². The summed E-state index contributed by atoms with van der Waals surface area (Å²) in [4.78, 5) is 2.60. The van der Waals surface area contributed by atoms with Crippen molar-refractivity contribution >= 4 is 5.57 Å². The van der Waals surface area contributed by atoms with Crippen molar-refractivity contribution in [3.8, 4) is 0 Å². The van der Waals surface area contributed by atoms with E-state index in [0.717, 1.165) is 51.7 Å². The van der Waals surface area contributed by atoms with Crippen LogP contribution in [0.2, 0.25) is 0 Å². The zero-order valence-corrected chi connectivity index (χ0v) is 18.3. The molecule has 0 N–H and O–H groups in total. The third-order valence-electron chi connectivity index (χ3n) is 4.99. The van der Waals surface area contributed by atoms with Gasteiger partial charge in [0.15, 0.2) is 0 Å². The van der Waals surface area contributed by atoms with Crippen molar-refractivity contribution in [2.24, 2.45) is 0 Å². The molecule has 0 radical (unpaired) electrons. The standard InChI is InChI=1S/C28H37N/c1-3-5-7-15-23-29(24-16-8-6-4-2)25-17-22-28(26-18-11-9-12-19-26)27-20-13-10-14-21-27/h5-14,18-22H,3-4,15-17,23-25H2,1-2H3/b7-5+,8-6+. The molecule has 0 aliphatic heterocycles. The first-order chi connectivity index (χ1) is 14.3. The van der Waals surface area contributed by atoms with E-state index in [4.69, 9.17) is 0 Å². The molecule has 0 aromatic heterocycles. The van der Waals surface area contributed by atoms with Crippen LogP contribution in [0.4, 0.5) is 0 Å². The van der Waals surface area contributed by atoms with E-state index in [0.29, 0.717) is 0 Å². The maximum atomic E-state index is 2.60. The minimum Gasteiger partial charge on any atom is -0.302 e. The molecule has 0 saturated heterocycles. The van der Waals surface area contributed by atoms with Crippen LogP contribution in [0, 0.1) is 0 Å². The predicted octanol–water partition coefficient (Wildman–Crippen LogP) is 7.52. The van der Waals surface area contributed by atoms with Crippen LogP contribution in [0.3, 0.4) is 0 Å². The van der Waals surface area contributed by atoms with Crippen LogP contribution in [0.15, 0.2) is 91.0 Å². The Morgan fingerprint density at radius 1 is 0.621 bits per heavy atom. The fraction of sp³-hybridized carbons (Fsp3) is 0.357. The third-order valence-corrected chi connectivity index (χ3v) is 4.99. The first-order valence-electron chi connectivity index (χ1n) is 11.2. The van der Waals surface area contributed by atoms with E-state index in [2.05, 4.69) is 110 Å². The topological polar surface area (TPSA) is 3.24 Å². The average Bonchev–Trinajstić information content (AvgIpc) is 2.77. The lowest BCUT2D eigenvalue weighted by Crippen LogP contribution is -2.26. The lowest BCUT2D eigenvalue weighted by molar-refractivity contribution is 0.289. The van der Waals surface area contributed by atoms with Crippen molar-refractivity contribution < 1.29 is 0 Å². The minimum atomic E-state index is 1.06. The molecule has 0 spiro atoms. The molecule has 0 amide bonds. The fourth-order valence-electron chi connectivity index (χ4n) is 3.45. The molecule has 1 nitrogen and oxygen atoms in total. The van der Waals surface area contributed by atoms with E-state index < -0.39 is 0 Å². The normalized spacial score (nSPS) is 11.6. The van der Waals surface area contributed by atoms with Crippen LogP contribution in [0.1, 0.15) is 57.1 Å². The van der Waals surface area contributed by atoms with Crippen LogP contribution in [-0.2, 0) is 0 Å². The van der Waals surface area contributed by atoms with Gasteiger partial charge >= 0.3 is 0 Å². The second-order valence-corrected chi connectivity index (χ2v) is 7.32. The minimum absolute atomic E-state index is 1.06. The van der Waals surface area contributed by atoms with Crippen molar-refractivity contribution in [2.75, 3.05) is 19.6 Å². The molecule has 0 bridgehead atoms. The van der Waals surface area contributed by atoms with Gasteiger partial charge in [0.05, 0.1) is 0 Å². The lowest BCUT2D eigenvalue weighted by atomic mass is 9.97. The number of allylic oxidation sites excluding steroid dienone is 2. The Balaban J connectivity index is 2.05. The van der Waals surface area contributed by atoms with Gasteiger partial charge in [0.2, 0.25) is 0 Å². The molecule has 1 heteroatoms. The van der Waals surface area contributed by atoms with Crippen molar-refractivity contribution in [1.29, 1.82) is 0 Å². The van der Waals surface area contributed by atoms with Crippen molar-refractivity contribution in [3.63, 3.8) is 0 Å². The molecule has 0 saturated carbocycles. The Morgan fingerprint density at radius 2 is 1.07 bits per heavy atom. The average molecular weight is 388 g/mol. The molecule has 0 aliphatic carbocycles. The number of nitrogens with zero attached hydrogens (tertiary/aromatic N) is 1. The smallest absolute Gasteiger partial charge is 0.00165 e. The second-order valence-electron chi connectivity index (χ2n) is 7.32. The summed E-state index contributed by atoms with van der Waals surface area (Å²) in [5, 5.41) is 0. The van der Waals surface area contributed by atoms with Gasteiger partial charge in [-0.15, -0.1) is 0 Å². The van der Waals surface area contributed by atoms with Gasteiger partial charge in [-0.25, -0.2) is 0 Å². The van der Waals surface area contributed by atoms with Gasteiger partial charge in [0.1, 0.15) is 0 Å². The van der Waals surface area contributed by atoms with Crippen LogP contribution in [-0.4, -0.2) is 24.5 Å². The largest absolute Gasteiger partial charge is 0.302 e. The Hall–Kier alpha value is -2.38. The number of benzene rings is 2. The van der Waals surface area contributed by atoms with Gasteiger partial charge in [-0.3, -0.25) is 0 Å². The summed E-state index contributed by atoms with van der Waals surface area (Å²) >= 11 is 0. The monoisotopic (exact) mass is 387 g/mol. The highest BCUT2D eigenvalue weighted by Crippen LogP contribution is 2.23. The molecular formula is C28H37N. The fourth-order valence-corrected chi connectivity index (χ4v) is 3.45. The van der Waals surface area contributed by atoms with Gasteiger partial charge in [-0.1, -0.05) is 105 Å². The van der Waals surface area contributed by atoms with Gasteiger partial charge < -0.3 is 4.90 Å². The van der Waals surface area contributed by atoms with E-state index in [1.807, 2.05) is 0 Å². The zero-order chi connectivity index (χ0) is 20.6. The molecule has 0 fully saturated rings. The Labute approximate surface area is 178 Å². The van der Waals surface area contributed by atoms with Crippen molar-refractivity contribution in [2.45, 2.75) is 46.0 Å². The summed E-state index contributed by atoms with van der Waals surface area (Å²) in [6.07, 6.45) is 17.2. The SMILES string of the molecule is CC/C=C/CCN(CCC=C(c1ccccc1)c1ccccc1)CC/C=C/CC.